The van der Waals surface area contributed by atoms with Crippen molar-refractivity contribution >= 4 is 39.9 Å². The minimum absolute atomic E-state index is 0.377. The van der Waals surface area contributed by atoms with E-state index in [9.17, 15) is 9.59 Å². The van der Waals surface area contributed by atoms with Crippen LogP contribution in [0.3, 0.4) is 0 Å². The maximum absolute atomic E-state index is 12.5. The van der Waals surface area contributed by atoms with Gasteiger partial charge in [0.25, 0.3) is 0 Å². The molecule has 0 saturated carbocycles. The maximum atomic E-state index is 12.5. The number of aromatic nitrogens is 1. The molecule has 1 saturated heterocycles. The monoisotopic (exact) mass is 376 g/mol. The summed E-state index contributed by atoms with van der Waals surface area (Å²) in [5.74, 6) is 0.00657. The van der Waals surface area contributed by atoms with Crippen LogP contribution in [-0.4, -0.2) is 40.2 Å². The first-order valence-corrected chi connectivity index (χ1v) is 9.19. The van der Waals surface area contributed by atoms with E-state index < -0.39 is 11.9 Å². The molecule has 0 radical (unpaired) electrons. The molecule has 140 valence electrons. The fraction of sp³-hybridized carbons (Fsp3) is 0.412. The van der Waals surface area contributed by atoms with Gasteiger partial charge in [0.05, 0.1) is 22.1 Å². The molecule has 2 heterocycles. The first-order chi connectivity index (χ1) is 12.4. The van der Waals surface area contributed by atoms with Crippen LogP contribution in [-0.2, 0) is 4.79 Å². The van der Waals surface area contributed by atoms with E-state index in [1.807, 2.05) is 13.8 Å². The van der Waals surface area contributed by atoms with E-state index in [1.165, 1.54) is 16.2 Å². The van der Waals surface area contributed by atoms with Crippen LogP contribution in [0.5, 0.6) is 0 Å². The second-order valence-corrected chi connectivity index (χ2v) is 6.86. The number of thiazole rings is 1. The van der Waals surface area contributed by atoms with E-state index >= 15 is 0 Å². The van der Waals surface area contributed by atoms with Crippen molar-refractivity contribution in [1.82, 2.24) is 9.88 Å². The predicted molar refractivity (Wildman–Crippen MR) is 105 cm³/mol. The number of nitrogens with zero attached hydrogens (tertiary/aromatic N) is 3. The number of nitrogens with two attached hydrogens (primary N) is 2. The molecule has 1 atom stereocenters. The molecule has 26 heavy (non-hydrogen) atoms. The van der Waals surface area contributed by atoms with Gasteiger partial charge < -0.3 is 16.4 Å². The lowest BCUT2D eigenvalue weighted by Crippen LogP contribution is -2.45. The largest absolute Gasteiger partial charge is 0.387 e. The number of rotatable bonds is 6. The van der Waals surface area contributed by atoms with Gasteiger partial charge in [0, 0.05) is 13.0 Å². The fourth-order valence-corrected chi connectivity index (χ4v) is 3.59. The molecule has 1 aromatic rings. The first kappa shape index (κ1) is 19.6. The third-order valence-electron chi connectivity index (χ3n) is 3.99. The van der Waals surface area contributed by atoms with Crippen molar-refractivity contribution in [3.63, 3.8) is 0 Å². The van der Waals surface area contributed by atoms with E-state index in [-0.39, 0.29) is 6.03 Å². The lowest BCUT2D eigenvalue weighted by molar-refractivity contribution is -0.121. The summed E-state index contributed by atoms with van der Waals surface area (Å²) in [6.07, 6.45) is 5.33. The van der Waals surface area contributed by atoms with E-state index in [0.29, 0.717) is 36.1 Å². The Morgan fingerprint density at radius 3 is 2.85 bits per heavy atom. The van der Waals surface area contributed by atoms with Crippen molar-refractivity contribution in [2.75, 3.05) is 11.9 Å². The lowest BCUT2D eigenvalue weighted by atomic mass is 10.2. The molecule has 9 heteroatoms. The Hall–Kier alpha value is -2.68. The molecule has 0 aromatic carbocycles. The third kappa shape index (κ3) is 4.48. The summed E-state index contributed by atoms with van der Waals surface area (Å²) < 4.78 is 0. The molecule has 5 N–H and O–H groups in total. The van der Waals surface area contributed by atoms with E-state index in [2.05, 4.69) is 21.9 Å². The summed E-state index contributed by atoms with van der Waals surface area (Å²) >= 11 is 1.29. The van der Waals surface area contributed by atoms with Gasteiger partial charge in [-0.2, -0.15) is 0 Å². The SMILES string of the molecule is C=C/C=C(\N=C(/N)CC)c1sc(NC(=O)N2CCC[C@H]2C(N)=O)nc1C. The molecule has 1 aromatic heterocycles. The molecule has 1 fully saturated rings. The fourth-order valence-electron chi connectivity index (χ4n) is 2.67. The number of hydrogen-bond donors (Lipinski definition) is 3. The number of aliphatic imine (C=N–C) groups is 1. The van der Waals surface area contributed by atoms with Gasteiger partial charge in [-0.1, -0.05) is 30.9 Å². The zero-order chi connectivity index (χ0) is 19.3. The molecule has 0 unspecified atom stereocenters. The van der Waals surface area contributed by atoms with Crippen molar-refractivity contribution in [1.29, 1.82) is 0 Å². The molecule has 1 aliphatic rings. The second-order valence-electron chi connectivity index (χ2n) is 5.86. The maximum Gasteiger partial charge on any atom is 0.324 e. The highest BCUT2D eigenvalue weighted by Gasteiger charge is 2.33. The Kier molecular flexibility index (Phi) is 6.51. The highest BCUT2D eigenvalue weighted by Crippen LogP contribution is 2.31. The molecular formula is C17H24N6O2S. The number of nitrogens with one attached hydrogen (secondary N) is 1. The summed E-state index contributed by atoms with van der Waals surface area (Å²) in [5.41, 5.74) is 12.6. The standard InChI is InChI=1S/C17H24N6O2S/c1-4-7-11(21-13(18)5-2)14-10(3)20-16(26-14)22-17(25)23-9-6-8-12(23)15(19)24/h4,7,12H,1,5-6,8-9H2,2-3H3,(H2,18,21)(H2,19,24)(H,20,22,25)/b11-7-/t12-/m0/s1. The molecule has 0 bridgehead atoms. The Labute approximate surface area is 156 Å². The Morgan fingerprint density at radius 2 is 2.23 bits per heavy atom. The Bertz CT molecular complexity index is 767. The molecule has 2 rings (SSSR count). The molecule has 8 nitrogen and oxygen atoms in total. The van der Waals surface area contributed by atoms with Crippen molar-refractivity contribution in [2.24, 2.45) is 16.5 Å². The normalized spacial score (nSPS) is 18.1. The Balaban J connectivity index is 2.21. The van der Waals surface area contributed by atoms with Crippen molar-refractivity contribution in [2.45, 2.75) is 39.2 Å². The second kappa shape index (κ2) is 8.61. The third-order valence-corrected chi connectivity index (χ3v) is 5.08. The number of primary amides is 1. The van der Waals surface area contributed by atoms with E-state index in [1.54, 1.807) is 12.2 Å². The van der Waals surface area contributed by atoms with Gasteiger partial charge >= 0.3 is 6.03 Å². The lowest BCUT2D eigenvalue weighted by Gasteiger charge is -2.21. The number of carbonyl (C=O) groups is 2. The molecular weight excluding hydrogens is 352 g/mol. The summed E-state index contributed by atoms with van der Waals surface area (Å²) in [7, 11) is 0. The molecule has 0 aliphatic carbocycles. The highest BCUT2D eigenvalue weighted by atomic mass is 32.1. The summed E-state index contributed by atoms with van der Waals surface area (Å²) in [5, 5.41) is 3.18. The zero-order valence-electron chi connectivity index (χ0n) is 15.0. The number of allylic oxidation sites excluding steroid dienone is 2. The van der Waals surface area contributed by atoms with Crippen LogP contribution in [0.1, 0.15) is 36.8 Å². The van der Waals surface area contributed by atoms with Gasteiger partial charge in [-0.15, -0.1) is 0 Å². The van der Waals surface area contributed by atoms with Gasteiger partial charge in [0.1, 0.15) is 6.04 Å². The number of hydrogen-bond acceptors (Lipinski definition) is 5. The Morgan fingerprint density at radius 1 is 1.50 bits per heavy atom. The van der Waals surface area contributed by atoms with E-state index in [4.69, 9.17) is 11.5 Å². The number of aryl methyl sites for hydroxylation is 1. The topological polar surface area (TPSA) is 127 Å². The smallest absolute Gasteiger partial charge is 0.324 e. The minimum atomic E-state index is -0.569. The quantitative estimate of drug-likeness (QED) is 0.400. The zero-order valence-corrected chi connectivity index (χ0v) is 15.8. The molecule has 3 amide bonds. The van der Waals surface area contributed by atoms with Crippen LogP contribution in [0, 0.1) is 6.92 Å². The van der Waals surface area contributed by atoms with Crippen LogP contribution in [0.15, 0.2) is 23.7 Å². The van der Waals surface area contributed by atoms with Crippen LogP contribution in [0.4, 0.5) is 9.93 Å². The van der Waals surface area contributed by atoms with Crippen molar-refractivity contribution in [3.05, 3.63) is 29.3 Å². The average molecular weight is 376 g/mol. The van der Waals surface area contributed by atoms with Crippen LogP contribution in [0.25, 0.3) is 5.70 Å². The molecule has 0 spiro atoms. The van der Waals surface area contributed by atoms with Crippen LogP contribution in [0.2, 0.25) is 0 Å². The average Bonchev–Trinajstić information content (AvgIpc) is 3.21. The van der Waals surface area contributed by atoms with Crippen LogP contribution < -0.4 is 16.8 Å². The number of carbonyl (C=O) groups excluding carboxylic acids is 2. The summed E-state index contributed by atoms with van der Waals surface area (Å²) in [4.78, 5) is 35.0. The number of amides is 3. The number of likely N-dealkylation sites (tertiary alicyclic amines) is 1. The van der Waals surface area contributed by atoms with Gasteiger partial charge in [0.15, 0.2) is 5.13 Å². The van der Waals surface area contributed by atoms with E-state index in [0.717, 1.165) is 17.0 Å². The van der Waals surface area contributed by atoms with Gasteiger partial charge in [-0.05, 0) is 25.8 Å². The number of amidine groups is 1. The predicted octanol–water partition coefficient (Wildman–Crippen LogP) is 2.23. The van der Waals surface area contributed by atoms with Crippen molar-refractivity contribution in [3.8, 4) is 0 Å². The van der Waals surface area contributed by atoms with Gasteiger partial charge in [-0.25, -0.2) is 14.8 Å². The summed E-state index contributed by atoms with van der Waals surface area (Å²) in [6.45, 7) is 7.94. The number of anilines is 1. The minimum Gasteiger partial charge on any atom is -0.387 e. The summed E-state index contributed by atoms with van der Waals surface area (Å²) in [6, 6.07) is -0.946. The number of urea groups is 1. The van der Waals surface area contributed by atoms with Gasteiger partial charge in [-0.3, -0.25) is 10.1 Å². The first-order valence-electron chi connectivity index (χ1n) is 8.37. The van der Waals surface area contributed by atoms with Crippen molar-refractivity contribution < 1.29 is 9.59 Å². The highest BCUT2D eigenvalue weighted by molar-refractivity contribution is 7.17. The van der Waals surface area contributed by atoms with Crippen LogP contribution >= 0.6 is 11.3 Å². The molecule has 1 aliphatic heterocycles. The van der Waals surface area contributed by atoms with Gasteiger partial charge in [0.2, 0.25) is 5.91 Å².